The molecular formula is C15H16N4O. The standard InChI is InChI=1S/C15H16N4O/c20-15(19-8-10-6-16-7-11(10)9-19)12-2-1-3-13-14(12)18-5-4-17-13/h1-5,10-11,16H,6-9H2. The van der Waals surface area contributed by atoms with Gasteiger partial charge >= 0.3 is 0 Å². The van der Waals surface area contributed by atoms with Crippen LogP contribution in [0.25, 0.3) is 11.0 Å². The van der Waals surface area contributed by atoms with E-state index in [1.165, 1.54) is 0 Å². The van der Waals surface area contributed by atoms with E-state index in [-0.39, 0.29) is 5.91 Å². The van der Waals surface area contributed by atoms with Crippen LogP contribution in [0.5, 0.6) is 0 Å². The number of nitrogens with one attached hydrogen (secondary N) is 1. The van der Waals surface area contributed by atoms with E-state index in [2.05, 4.69) is 15.3 Å². The molecule has 0 spiro atoms. The van der Waals surface area contributed by atoms with E-state index in [1.807, 2.05) is 23.1 Å². The largest absolute Gasteiger partial charge is 0.338 e. The first-order valence-corrected chi connectivity index (χ1v) is 7.02. The number of likely N-dealkylation sites (tertiary alicyclic amines) is 1. The van der Waals surface area contributed by atoms with Crippen molar-refractivity contribution in [1.29, 1.82) is 0 Å². The molecular weight excluding hydrogens is 252 g/mol. The number of carbonyl (C=O) groups excluding carboxylic acids is 1. The molecule has 1 aromatic heterocycles. The second-order valence-electron chi connectivity index (χ2n) is 5.62. The molecule has 2 aromatic rings. The van der Waals surface area contributed by atoms with Crippen molar-refractivity contribution in [2.75, 3.05) is 26.2 Å². The number of carbonyl (C=O) groups is 1. The first kappa shape index (κ1) is 11.8. The molecule has 0 radical (unpaired) electrons. The average Bonchev–Trinajstić information content (AvgIpc) is 3.07. The highest BCUT2D eigenvalue weighted by molar-refractivity contribution is 6.04. The highest BCUT2D eigenvalue weighted by atomic mass is 16.2. The smallest absolute Gasteiger partial charge is 0.256 e. The molecule has 3 heterocycles. The van der Waals surface area contributed by atoms with Crippen molar-refractivity contribution in [2.45, 2.75) is 0 Å². The SMILES string of the molecule is O=C(c1cccc2nccnc12)N1CC2CNCC2C1. The minimum atomic E-state index is 0.0884. The fourth-order valence-corrected chi connectivity index (χ4v) is 3.36. The highest BCUT2D eigenvalue weighted by Crippen LogP contribution is 2.28. The monoisotopic (exact) mass is 268 g/mol. The van der Waals surface area contributed by atoms with E-state index in [0.29, 0.717) is 22.9 Å². The van der Waals surface area contributed by atoms with Gasteiger partial charge in [-0.1, -0.05) is 6.07 Å². The first-order chi connectivity index (χ1) is 9.83. The number of para-hydroxylation sites is 1. The molecule has 102 valence electrons. The Balaban J connectivity index is 1.68. The van der Waals surface area contributed by atoms with Crippen LogP contribution < -0.4 is 5.32 Å². The molecule has 1 aromatic carbocycles. The number of aromatic nitrogens is 2. The lowest BCUT2D eigenvalue weighted by Crippen LogP contribution is -2.32. The number of fused-ring (bicyclic) bond motifs is 2. The zero-order valence-corrected chi connectivity index (χ0v) is 11.1. The van der Waals surface area contributed by atoms with Gasteiger partial charge < -0.3 is 10.2 Å². The Bertz CT molecular complexity index is 654. The van der Waals surface area contributed by atoms with Gasteiger partial charge in [0.25, 0.3) is 5.91 Å². The van der Waals surface area contributed by atoms with Crippen molar-refractivity contribution in [3.05, 3.63) is 36.2 Å². The molecule has 0 aliphatic carbocycles. The molecule has 2 atom stereocenters. The summed E-state index contributed by atoms with van der Waals surface area (Å²) in [5.74, 6) is 1.31. The van der Waals surface area contributed by atoms with Gasteiger partial charge in [0, 0.05) is 38.6 Å². The van der Waals surface area contributed by atoms with Crippen LogP contribution in [-0.2, 0) is 0 Å². The van der Waals surface area contributed by atoms with Gasteiger partial charge in [0.2, 0.25) is 0 Å². The van der Waals surface area contributed by atoms with E-state index in [1.54, 1.807) is 12.4 Å². The van der Waals surface area contributed by atoms with Crippen LogP contribution in [0.3, 0.4) is 0 Å². The number of hydrogen-bond acceptors (Lipinski definition) is 4. The summed E-state index contributed by atoms with van der Waals surface area (Å²) in [5, 5.41) is 3.39. The summed E-state index contributed by atoms with van der Waals surface area (Å²) in [4.78, 5) is 23.3. The minimum absolute atomic E-state index is 0.0884. The van der Waals surface area contributed by atoms with Gasteiger partial charge in [-0.05, 0) is 24.0 Å². The van der Waals surface area contributed by atoms with Crippen LogP contribution in [0.1, 0.15) is 10.4 Å². The van der Waals surface area contributed by atoms with Crippen LogP contribution in [0.4, 0.5) is 0 Å². The van der Waals surface area contributed by atoms with Gasteiger partial charge in [-0.2, -0.15) is 0 Å². The van der Waals surface area contributed by atoms with E-state index >= 15 is 0 Å². The summed E-state index contributed by atoms with van der Waals surface area (Å²) in [6.45, 7) is 3.77. The Labute approximate surface area is 117 Å². The zero-order valence-electron chi connectivity index (χ0n) is 11.1. The third-order valence-corrected chi connectivity index (χ3v) is 4.41. The summed E-state index contributed by atoms with van der Waals surface area (Å²) in [6.07, 6.45) is 3.30. The Morgan fingerprint density at radius 2 is 1.90 bits per heavy atom. The summed E-state index contributed by atoms with van der Waals surface area (Å²) in [6, 6.07) is 5.62. The van der Waals surface area contributed by atoms with Gasteiger partial charge in [-0.25, -0.2) is 0 Å². The molecule has 2 aliphatic rings. The fourth-order valence-electron chi connectivity index (χ4n) is 3.36. The first-order valence-electron chi connectivity index (χ1n) is 7.02. The van der Waals surface area contributed by atoms with Crippen LogP contribution in [0.2, 0.25) is 0 Å². The van der Waals surface area contributed by atoms with Gasteiger partial charge in [-0.15, -0.1) is 0 Å². The number of hydrogen-bond donors (Lipinski definition) is 1. The van der Waals surface area contributed by atoms with E-state index in [0.717, 1.165) is 31.7 Å². The van der Waals surface area contributed by atoms with Crippen LogP contribution in [-0.4, -0.2) is 47.0 Å². The van der Waals surface area contributed by atoms with Crippen molar-refractivity contribution < 1.29 is 4.79 Å². The van der Waals surface area contributed by atoms with E-state index in [9.17, 15) is 4.79 Å². The number of nitrogens with zero attached hydrogens (tertiary/aromatic N) is 3. The third-order valence-electron chi connectivity index (χ3n) is 4.41. The molecule has 5 heteroatoms. The quantitative estimate of drug-likeness (QED) is 0.835. The molecule has 0 saturated carbocycles. The van der Waals surface area contributed by atoms with Crippen LogP contribution >= 0.6 is 0 Å². The highest BCUT2D eigenvalue weighted by Gasteiger charge is 2.38. The maximum Gasteiger partial charge on any atom is 0.256 e. The van der Waals surface area contributed by atoms with E-state index < -0.39 is 0 Å². The molecule has 4 rings (SSSR count). The van der Waals surface area contributed by atoms with Crippen molar-refractivity contribution in [1.82, 2.24) is 20.2 Å². The molecule has 1 N–H and O–H groups in total. The Morgan fingerprint density at radius 1 is 1.15 bits per heavy atom. The van der Waals surface area contributed by atoms with Crippen molar-refractivity contribution >= 4 is 16.9 Å². The second kappa shape index (κ2) is 4.52. The number of rotatable bonds is 1. The molecule has 1 amide bonds. The lowest BCUT2D eigenvalue weighted by atomic mass is 10.0. The van der Waals surface area contributed by atoms with Crippen LogP contribution in [0, 0.1) is 11.8 Å². The summed E-state index contributed by atoms with van der Waals surface area (Å²) < 4.78 is 0. The molecule has 20 heavy (non-hydrogen) atoms. The van der Waals surface area contributed by atoms with E-state index in [4.69, 9.17) is 0 Å². The Hall–Kier alpha value is -2.01. The lowest BCUT2D eigenvalue weighted by Gasteiger charge is -2.18. The third kappa shape index (κ3) is 1.78. The number of amides is 1. The molecule has 2 aliphatic heterocycles. The Morgan fingerprint density at radius 3 is 2.70 bits per heavy atom. The maximum absolute atomic E-state index is 12.7. The molecule has 2 saturated heterocycles. The zero-order chi connectivity index (χ0) is 13.5. The average molecular weight is 268 g/mol. The minimum Gasteiger partial charge on any atom is -0.338 e. The summed E-state index contributed by atoms with van der Waals surface area (Å²) in [7, 11) is 0. The molecule has 5 nitrogen and oxygen atoms in total. The second-order valence-corrected chi connectivity index (χ2v) is 5.62. The predicted octanol–water partition coefficient (Wildman–Crippen LogP) is 0.921. The lowest BCUT2D eigenvalue weighted by molar-refractivity contribution is 0.0783. The fraction of sp³-hybridized carbons (Fsp3) is 0.400. The van der Waals surface area contributed by atoms with Crippen molar-refractivity contribution in [3.63, 3.8) is 0 Å². The van der Waals surface area contributed by atoms with Gasteiger partial charge in [0.1, 0.15) is 5.52 Å². The van der Waals surface area contributed by atoms with Crippen LogP contribution in [0.15, 0.2) is 30.6 Å². The molecule has 0 bridgehead atoms. The maximum atomic E-state index is 12.7. The predicted molar refractivity (Wildman–Crippen MR) is 75.3 cm³/mol. The summed E-state index contributed by atoms with van der Waals surface area (Å²) >= 11 is 0. The van der Waals surface area contributed by atoms with Crippen molar-refractivity contribution in [2.24, 2.45) is 11.8 Å². The molecule has 2 fully saturated rings. The van der Waals surface area contributed by atoms with Gasteiger partial charge in [0.05, 0.1) is 11.1 Å². The van der Waals surface area contributed by atoms with Gasteiger partial charge in [-0.3, -0.25) is 14.8 Å². The molecule has 2 unspecified atom stereocenters. The summed E-state index contributed by atoms with van der Waals surface area (Å²) in [5.41, 5.74) is 2.15. The Kier molecular flexibility index (Phi) is 2.67. The topological polar surface area (TPSA) is 58.1 Å². The number of benzene rings is 1. The van der Waals surface area contributed by atoms with Crippen molar-refractivity contribution in [3.8, 4) is 0 Å². The van der Waals surface area contributed by atoms with Gasteiger partial charge in [0.15, 0.2) is 0 Å². The normalized spacial score (nSPS) is 25.1.